The van der Waals surface area contributed by atoms with E-state index in [0.717, 1.165) is 16.8 Å². The van der Waals surface area contributed by atoms with Crippen molar-refractivity contribution in [2.75, 3.05) is 7.11 Å². The van der Waals surface area contributed by atoms with Gasteiger partial charge in [0.1, 0.15) is 6.21 Å². The first kappa shape index (κ1) is 10.4. The Morgan fingerprint density at radius 1 is 1.29 bits per heavy atom. The van der Waals surface area contributed by atoms with Crippen LogP contribution >= 0.6 is 0 Å². The molecule has 1 aromatic rings. The fourth-order valence-corrected chi connectivity index (χ4v) is 1.21. The first-order chi connectivity index (χ1) is 6.61. The summed E-state index contributed by atoms with van der Waals surface area (Å²) in [4.78, 5) is 14.8. The molecule has 1 rings (SSSR count). The largest absolute Gasteiger partial charge is 0.465 e. The van der Waals surface area contributed by atoms with E-state index < -0.39 is 5.97 Å². The Morgan fingerprint density at radius 3 is 2.36 bits per heavy atom. The predicted octanol–water partition coefficient (Wildman–Crippen LogP) is 2.18. The van der Waals surface area contributed by atoms with E-state index in [-0.39, 0.29) is 0 Å². The van der Waals surface area contributed by atoms with Crippen molar-refractivity contribution >= 4 is 17.9 Å². The third-order valence-corrected chi connectivity index (χ3v) is 1.73. The van der Waals surface area contributed by atoms with Crippen molar-refractivity contribution in [1.82, 2.24) is 0 Å². The van der Waals surface area contributed by atoms with Crippen LogP contribution in [0, 0.1) is 13.8 Å². The minimum absolute atomic E-state index is 0.441. The number of esters is 1. The average Bonchev–Trinajstić information content (AvgIpc) is 2.12. The Kier molecular flexibility index (Phi) is 3.40. The van der Waals surface area contributed by atoms with Crippen LogP contribution in [0.5, 0.6) is 0 Å². The summed E-state index contributed by atoms with van der Waals surface area (Å²) in [6.07, 6.45) is 1.17. The fourth-order valence-electron chi connectivity index (χ4n) is 1.21. The summed E-state index contributed by atoms with van der Waals surface area (Å²) in [7, 11) is 1.33. The summed E-state index contributed by atoms with van der Waals surface area (Å²) in [6.45, 7) is 3.98. The van der Waals surface area contributed by atoms with Gasteiger partial charge < -0.3 is 4.74 Å². The Balaban J connectivity index is 2.86. The number of ether oxygens (including phenoxy) is 1. The third-order valence-electron chi connectivity index (χ3n) is 1.73. The Labute approximate surface area is 83.4 Å². The van der Waals surface area contributed by atoms with E-state index >= 15 is 0 Å². The highest BCUT2D eigenvalue weighted by Gasteiger charge is 1.95. The van der Waals surface area contributed by atoms with E-state index in [4.69, 9.17) is 0 Å². The van der Waals surface area contributed by atoms with Gasteiger partial charge in [0.25, 0.3) is 0 Å². The Bertz CT molecular complexity index is 349. The van der Waals surface area contributed by atoms with Gasteiger partial charge >= 0.3 is 5.97 Å². The van der Waals surface area contributed by atoms with Crippen molar-refractivity contribution in [3.05, 3.63) is 29.3 Å². The maximum Gasteiger partial charge on any atom is 0.349 e. The van der Waals surface area contributed by atoms with Crippen molar-refractivity contribution in [3.63, 3.8) is 0 Å². The summed E-state index contributed by atoms with van der Waals surface area (Å²) in [5.41, 5.74) is 3.02. The molecular formula is C11H13NO2. The van der Waals surface area contributed by atoms with E-state index in [0.29, 0.717) is 0 Å². The lowest BCUT2D eigenvalue weighted by molar-refractivity contribution is -0.132. The van der Waals surface area contributed by atoms with Crippen LogP contribution in [-0.2, 0) is 9.53 Å². The van der Waals surface area contributed by atoms with Crippen molar-refractivity contribution in [1.29, 1.82) is 0 Å². The van der Waals surface area contributed by atoms with Gasteiger partial charge in [-0.1, -0.05) is 6.07 Å². The molecule has 0 heterocycles. The van der Waals surface area contributed by atoms with Crippen LogP contribution in [0.1, 0.15) is 11.1 Å². The van der Waals surface area contributed by atoms with Crippen molar-refractivity contribution in [2.45, 2.75) is 13.8 Å². The summed E-state index contributed by atoms with van der Waals surface area (Å²) in [5.74, 6) is -0.441. The summed E-state index contributed by atoms with van der Waals surface area (Å²) in [5, 5.41) is 0. The summed E-state index contributed by atoms with van der Waals surface area (Å²) < 4.78 is 4.44. The van der Waals surface area contributed by atoms with Crippen LogP contribution in [0.25, 0.3) is 0 Å². The molecule has 0 atom stereocenters. The molecule has 0 aliphatic carbocycles. The molecule has 1 aromatic carbocycles. The number of aryl methyl sites for hydroxylation is 2. The SMILES string of the molecule is COC(=O)C=Nc1cc(C)cc(C)c1. The normalized spacial score (nSPS) is 10.5. The molecule has 0 aromatic heterocycles. The van der Waals surface area contributed by atoms with Gasteiger partial charge in [-0.2, -0.15) is 0 Å². The molecule has 3 heteroatoms. The monoisotopic (exact) mass is 191 g/mol. The van der Waals surface area contributed by atoms with Gasteiger partial charge in [0.2, 0.25) is 0 Å². The second-order valence-corrected chi connectivity index (χ2v) is 3.13. The second-order valence-electron chi connectivity index (χ2n) is 3.13. The van der Waals surface area contributed by atoms with Gasteiger partial charge in [-0.25, -0.2) is 9.79 Å². The zero-order valence-electron chi connectivity index (χ0n) is 8.57. The fraction of sp³-hybridized carbons (Fsp3) is 0.273. The second kappa shape index (κ2) is 4.56. The van der Waals surface area contributed by atoms with Crippen LogP contribution in [0.3, 0.4) is 0 Å². The highest BCUT2D eigenvalue weighted by Crippen LogP contribution is 2.16. The first-order valence-corrected chi connectivity index (χ1v) is 4.32. The number of aliphatic imine (C=N–C) groups is 1. The van der Waals surface area contributed by atoms with E-state index in [2.05, 4.69) is 15.8 Å². The molecule has 14 heavy (non-hydrogen) atoms. The zero-order valence-corrected chi connectivity index (χ0v) is 8.57. The summed E-state index contributed by atoms with van der Waals surface area (Å²) >= 11 is 0. The maximum atomic E-state index is 10.8. The molecule has 0 aliphatic heterocycles. The molecule has 0 fully saturated rings. The Morgan fingerprint density at radius 2 is 1.86 bits per heavy atom. The lowest BCUT2D eigenvalue weighted by Gasteiger charge is -1.98. The topological polar surface area (TPSA) is 38.7 Å². The molecule has 0 N–H and O–H groups in total. The smallest absolute Gasteiger partial charge is 0.349 e. The van der Waals surface area contributed by atoms with Gasteiger partial charge in [0.15, 0.2) is 0 Å². The van der Waals surface area contributed by atoms with Crippen molar-refractivity contribution < 1.29 is 9.53 Å². The van der Waals surface area contributed by atoms with Gasteiger partial charge in [-0.05, 0) is 37.1 Å². The summed E-state index contributed by atoms with van der Waals surface area (Å²) in [6, 6.07) is 5.87. The highest BCUT2D eigenvalue weighted by molar-refractivity contribution is 6.23. The van der Waals surface area contributed by atoms with Gasteiger partial charge in [0, 0.05) is 0 Å². The maximum absolute atomic E-state index is 10.8. The van der Waals surface area contributed by atoms with E-state index in [1.165, 1.54) is 13.3 Å². The predicted molar refractivity (Wildman–Crippen MR) is 56.1 cm³/mol. The molecule has 0 radical (unpaired) electrons. The van der Waals surface area contributed by atoms with Crippen LogP contribution in [-0.4, -0.2) is 19.3 Å². The average molecular weight is 191 g/mol. The van der Waals surface area contributed by atoms with E-state index in [1.54, 1.807) is 0 Å². The lowest BCUT2D eigenvalue weighted by Crippen LogP contribution is -2.00. The number of hydrogen-bond donors (Lipinski definition) is 0. The van der Waals surface area contributed by atoms with Gasteiger partial charge in [0.05, 0.1) is 12.8 Å². The first-order valence-electron chi connectivity index (χ1n) is 4.32. The molecule has 74 valence electrons. The third kappa shape index (κ3) is 3.01. The number of benzene rings is 1. The molecule has 0 saturated heterocycles. The van der Waals surface area contributed by atoms with Crippen molar-refractivity contribution in [2.24, 2.45) is 4.99 Å². The number of rotatable bonds is 2. The van der Waals surface area contributed by atoms with Crippen LogP contribution < -0.4 is 0 Å². The number of methoxy groups -OCH3 is 1. The number of carbonyl (C=O) groups is 1. The lowest BCUT2D eigenvalue weighted by atomic mass is 10.1. The van der Waals surface area contributed by atoms with Crippen LogP contribution in [0.15, 0.2) is 23.2 Å². The quantitative estimate of drug-likeness (QED) is 0.531. The van der Waals surface area contributed by atoms with Crippen LogP contribution in [0.2, 0.25) is 0 Å². The molecular weight excluding hydrogens is 178 g/mol. The molecule has 0 aliphatic rings. The van der Waals surface area contributed by atoms with Crippen molar-refractivity contribution in [3.8, 4) is 0 Å². The molecule has 3 nitrogen and oxygen atoms in total. The number of hydrogen-bond acceptors (Lipinski definition) is 3. The molecule has 0 bridgehead atoms. The molecule has 0 spiro atoms. The van der Waals surface area contributed by atoms with E-state index in [1.807, 2.05) is 26.0 Å². The van der Waals surface area contributed by atoms with Gasteiger partial charge in [-0.15, -0.1) is 0 Å². The number of nitrogens with zero attached hydrogens (tertiary/aromatic N) is 1. The molecule has 0 amide bonds. The Hall–Kier alpha value is -1.64. The van der Waals surface area contributed by atoms with E-state index in [9.17, 15) is 4.79 Å². The van der Waals surface area contributed by atoms with Gasteiger partial charge in [-0.3, -0.25) is 0 Å². The minimum Gasteiger partial charge on any atom is -0.465 e. The van der Waals surface area contributed by atoms with Crippen LogP contribution in [0.4, 0.5) is 5.69 Å². The highest BCUT2D eigenvalue weighted by atomic mass is 16.5. The standard InChI is InChI=1S/C11H13NO2/c1-8-4-9(2)6-10(5-8)12-7-11(13)14-3/h4-7H,1-3H3. The molecule has 0 unspecified atom stereocenters. The minimum atomic E-state index is -0.441. The molecule has 0 saturated carbocycles. The zero-order chi connectivity index (χ0) is 10.6. The number of carbonyl (C=O) groups excluding carboxylic acids is 1.